The van der Waals surface area contributed by atoms with Gasteiger partial charge in [-0.1, -0.05) is 6.07 Å². The maximum Gasteiger partial charge on any atom is 0.336 e. The van der Waals surface area contributed by atoms with Gasteiger partial charge < -0.3 is 19.1 Å². The van der Waals surface area contributed by atoms with Gasteiger partial charge in [0.1, 0.15) is 0 Å². The fraction of sp³-hybridized carbons (Fsp3) is 0.375. The van der Waals surface area contributed by atoms with E-state index < -0.39 is 5.97 Å². The molecule has 0 saturated carbocycles. The second-order valence-corrected chi connectivity index (χ2v) is 5.31. The number of nitrogens with zero attached hydrogens (tertiary/aromatic N) is 1. The number of amides is 1. The number of ether oxygens (including phenoxy) is 3. The van der Waals surface area contributed by atoms with Gasteiger partial charge in [0.05, 0.1) is 12.7 Å². The van der Waals surface area contributed by atoms with Crippen molar-refractivity contribution < 1.29 is 23.8 Å². The van der Waals surface area contributed by atoms with Gasteiger partial charge in [-0.3, -0.25) is 4.79 Å². The van der Waals surface area contributed by atoms with E-state index in [1.807, 2.05) is 12.1 Å². The van der Waals surface area contributed by atoms with E-state index in [9.17, 15) is 9.59 Å². The van der Waals surface area contributed by atoms with E-state index in [0.717, 1.165) is 5.56 Å². The number of fused-ring (bicyclic) bond motifs is 1. The molecule has 0 saturated heterocycles. The molecule has 6 nitrogen and oxygen atoms in total. The molecule has 2 aliphatic heterocycles. The molecule has 6 heteroatoms. The zero-order valence-corrected chi connectivity index (χ0v) is 12.7. The molecule has 1 amide bonds. The van der Waals surface area contributed by atoms with Gasteiger partial charge in [-0.25, -0.2) is 4.79 Å². The zero-order chi connectivity index (χ0) is 15.9. The summed E-state index contributed by atoms with van der Waals surface area (Å²) >= 11 is 0. The Kier molecular flexibility index (Phi) is 3.52. The summed E-state index contributed by atoms with van der Waals surface area (Å²) in [6.07, 6.45) is 0.220. The Hall–Kier alpha value is -2.50. The molecule has 2 heterocycles. The number of allylic oxidation sites excluding steroid dienone is 1. The minimum atomic E-state index is -0.417. The van der Waals surface area contributed by atoms with Crippen LogP contribution in [0.15, 0.2) is 29.5 Å². The molecule has 22 heavy (non-hydrogen) atoms. The molecule has 2 aliphatic rings. The van der Waals surface area contributed by atoms with E-state index in [1.165, 1.54) is 12.0 Å². The Balaban J connectivity index is 2.07. The van der Waals surface area contributed by atoms with Gasteiger partial charge in [-0.15, -0.1) is 0 Å². The third-order valence-corrected chi connectivity index (χ3v) is 4.20. The highest BCUT2D eigenvalue weighted by Crippen LogP contribution is 2.40. The van der Waals surface area contributed by atoms with Crippen molar-refractivity contribution in [2.45, 2.75) is 19.3 Å². The summed E-state index contributed by atoms with van der Waals surface area (Å²) in [4.78, 5) is 25.8. The topological polar surface area (TPSA) is 65.1 Å². The smallest absolute Gasteiger partial charge is 0.336 e. The summed E-state index contributed by atoms with van der Waals surface area (Å²) in [5.41, 5.74) is 1.96. The van der Waals surface area contributed by atoms with Crippen molar-refractivity contribution in [2.75, 3.05) is 21.0 Å². The van der Waals surface area contributed by atoms with E-state index in [2.05, 4.69) is 0 Å². The van der Waals surface area contributed by atoms with Crippen LogP contribution in [-0.2, 0) is 14.3 Å². The molecular weight excluding hydrogens is 286 g/mol. The lowest BCUT2D eigenvalue weighted by Gasteiger charge is -2.31. The molecule has 0 radical (unpaired) electrons. The van der Waals surface area contributed by atoms with Crippen LogP contribution in [0.1, 0.15) is 24.8 Å². The van der Waals surface area contributed by atoms with Crippen molar-refractivity contribution in [2.24, 2.45) is 0 Å². The summed E-state index contributed by atoms with van der Waals surface area (Å²) in [6, 6.07) is 5.47. The van der Waals surface area contributed by atoms with Crippen LogP contribution in [0.4, 0.5) is 0 Å². The molecule has 0 aliphatic carbocycles. The Labute approximate surface area is 128 Å². The van der Waals surface area contributed by atoms with Crippen LogP contribution in [0.2, 0.25) is 0 Å². The average Bonchev–Trinajstić information content (AvgIpc) is 2.99. The number of esters is 1. The van der Waals surface area contributed by atoms with E-state index in [4.69, 9.17) is 14.2 Å². The van der Waals surface area contributed by atoms with Crippen LogP contribution in [0.3, 0.4) is 0 Å². The summed E-state index contributed by atoms with van der Waals surface area (Å²) < 4.78 is 15.6. The van der Waals surface area contributed by atoms with E-state index >= 15 is 0 Å². The highest BCUT2D eigenvalue weighted by atomic mass is 16.7. The lowest BCUT2D eigenvalue weighted by Crippen LogP contribution is -2.35. The van der Waals surface area contributed by atoms with Gasteiger partial charge in [-0.2, -0.15) is 0 Å². The molecule has 0 bridgehead atoms. The molecule has 0 fully saturated rings. The number of benzene rings is 1. The molecule has 0 N–H and O–H groups in total. The van der Waals surface area contributed by atoms with Crippen molar-refractivity contribution in [1.82, 2.24) is 4.90 Å². The summed E-state index contributed by atoms with van der Waals surface area (Å²) in [7, 11) is 3.01. The third kappa shape index (κ3) is 2.20. The molecule has 1 aromatic carbocycles. The summed E-state index contributed by atoms with van der Waals surface area (Å²) in [5, 5.41) is 0. The van der Waals surface area contributed by atoms with Crippen molar-refractivity contribution in [1.29, 1.82) is 0 Å². The van der Waals surface area contributed by atoms with Gasteiger partial charge >= 0.3 is 5.97 Å². The van der Waals surface area contributed by atoms with E-state index in [1.54, 1.807) is 20.0 Å². The zero-order valence-electron chi connectivity index (χ0n) is 12.7. The lowest BCUT2D eigenvalue weighted by atomic mass is 9.84. The highest BCUT2D eigenvalue weighted by Gasteiger charge is 2.35. The monoisotopic (exact) mass is 303 g/mol. The first kappa shape index (κ1) is 14.4. The first-order valence-electron chi connectivity index (χ1n) is 6.98. The van der Waals surface area contributed by atoms with Gasteiger partial charge in [0.15, 0.2) is 11.5 Å². The number of carbonyl (C=O) groups is 2. The minimum Gasteiger partial charge on any atom is -0.466 e. The van der Waals surface area contributed by atoms with Crippen LogP contribution >= 0.6 is 0 Å². The number of hydrogen-bond donors (Lipinski definition) is 0. The predicted molar refractivity (Wildman–Crippen MR) is 77.4 cm³/mol. The Bertz CT molecular complexity index is 679. The molecule has 1 aromatic rings. The number of rotatable bonds is 2. The fourth-order valence-corrected chi connectivity index (χ4v) is 2.85. The maximum absolute atomic E-state index is 12.2. The summed E-state index contributed by atoms with van der Waals surface area (Å²) in [6.45, 7) is 1.94. The van der Waals surface area contributed by atoms with E-state index in [-0.39, 0.29) is 25.0 Å². The lowest BCUT2D eigenvalue weighted by molar-refractivity contribution is -0.137. The molecule has 0 spiro atoms. The normalized spacial score (nSPS) is 20.4. The molecule has 116 valence electrons. The molecule has 1 atom stereocenters. The van der Waals surface area contributed by atoms with Gasteiger partial charge in [0.25, 0.3) is 0 Å². The van der Waals surface area contributed by atoms with Crippen molar-refractivity contribution in [3.63, 3.8) is 0 Å². The first-order valence-corrected chi connectivity index (χ1v) is 6.98. The van der Waals surface area contributed by atoms with E-state index in [0.29, 0.717) is 22.8 Å². The summed E-state index contributed by atoms with van der Waals surface area (Å²) in [5.74, 6) is 0.507. The van der Waals surface area contributed by atoms with Crippen LogP contribution in [-0.4, -0.2) is 37.7 Å². The first-order chi connectivity index (χ1) is 10.5. The van der Waals surface area contributed by atoms with Crippen LogP contribution in [0, 0.1) is 0 Å². The average molecular weight is 303 g/mol. The predicted octanol–water partition coefficient (Wildman–Crippen LogP) is 1.81. The minimum absolute atomic E-state index is 0.0344. The quantitative estimate of drug-likeness (QED) is 0.780. The number of hydrogen-bond acceptors (Lipinski definition) is 5. The third-order valence-electron chi connectivity index (χ3n) is 4.20. The molecule has 0 unspecified atom stereocenters. The van der Waals surface area contributed by atoms with Crippen LogP contribution < -0.4 is 9.47 Å². The van der Waals surface area contributed by atoms with Crippen molar-refractivity contribution in [3.05, 3.63) is 35.0 Å². The fourth-order valence-electron chi connectivity index (χ4n) is 2.85. The Morgan fingerprint density at radius 3 is 2.77 bits per heavy atom. The number of carbonyl (C=O) groups excluding carboxylic acids is 2. The van der Waals surface area contributed by atoms with Gasteiger partial charge in [-0.05, 0) is 24.6 Å². The van der Waals surface area contributed by atoms with Gasteiger partial charge in [0.2, 0.25) is 12.7 Å². The molecule has 3 rings (SSSR count). The highest BCUT2D eigenvalue weighted by molar-refractivity contribution is 5.95. The maximum atomic E-state index is 12.2. The Morgan fingerprint density at radius 1 is 1.32 bits per heavy atom. The van der Waals surface area contributed by atoms with Crippen molar-refractivity contribution in [3.8, 4) is 11.5 Å². The second kappa shape index (κ2) is 5.36. The van der Waals surface area contributed by atoms with Crippen LogP contribution in [0.5, 0.6) is 11.5 Å². The second-order valence-electron chi connectivity index (χ2n) is 5.31. The standard InChI is InChI=1S/C16H17NO5/c1-9-15(16(19)20-3)11(7-14(18)17(9)2)10-4-5-12-13(6-10)22-8-21-12/h4-6,11H,7-8H2,1-3H3/t11-/m0/s1. The largest absolute Gasteiger partial charge is 0.466 e. The SMILES string of the molecule is COC(=O)C1=C(C)N(C)C(=O)C[C@H]1c1ccc2c(c1)OCO2. The van der Waals surface area contributed by atoms with Crippen molar-refractivity contribution >= 4 is 11.9 Å². The molecular formula is C16H17NO5. The molecule has 0 aromatic heterocycles. The Morgan fingerprint density at radius 2 is 2.05 bits per heavy atom. The van der Waals surface area contributed by atoms with Gasteiger partial charge in [0, 0.05) is 25.1 Å². The van der Waals surface area contributed by atoms with Crippen LogP contribution in [0.25, 0.3) is 0 Å². The number of methoxy groups -OCH3 is 1.